The first kappa shape index (κ1) is 14.8. The van der Waals surface area contributed by atoms with Crippen LogP contribution in [0.5, 0.6) is 11.6 Å². The van der Waals surface area contributed by atoms with E-state index in [1.54, 1.807) is 22.6 Å². The minimum absolute atomic E-state index is 0.0657. The van der Waals surface area contributed by atoms with Gasteiger partial charge >= 0.3 is 12.3 Å². The molecule has 0 saturated heterocycles. The summed E-state index contributed by atoms with van der Waals surface area (Å²) in [6.07, 6.45) is -5.45. The molecule has 1 heterocycles. The topological polar surface area (TPSA) is 68.7 Å². The second-order valence-electron chi connectivity index (χ2n) is 3.04. The van der Waals surface area contributed by atoms with E-state index in [-0.39, 0.29) is 15.0 Å². The molecule has 9 heteroatoms. The van der Waals surface area contributed by atoms with E-state index >= 15 is 0 Å². The lowest BCUT2D eigenvalue weighted by Gasteiger charge is -2.12. The molecule has 1 rings (SSSR count). The molecule has 1 aromatic heterocycles. The van der Waals surface area contributed by atoms with Gasteiger partial charge in [-0.2, -0.15) is 0 Å². The van der Waals surface area contributed by atoms with Gasteiger partial charge in [0.15, 0.2) is 0 Å². The molecule has 0 bridgehead atoms. The fraction of sp³-hybridized carbons (Fsp3) is 0.333. The van der Waals surface area contributed by atoms with Gasteiger partial charge in [-0.3, -0.25) is 4.79 Å². The summed E-state index contributed by atoms with van der Waals surface area (Å²) in [7, 11) is 1.27. The third-order valence-corrected chi connectivity index (χ3v) is 2.51. The standard InChI is InChI=1S/C9H7F3INO4/c1-17-6-2-4(13)8(18-9(10,11)12)14-5(6)3-7(15)16/h2H,3H2,1H3,(H,15,16). The number of alkyl halides is 3. The van der Waals surface area contributed by atoms with Crippen molar-refractivity contribution in [3.8, 4) is 11.6 Å². The maximum absolute atomic E-state index is 12.1. The molecular formula is C9H7F3INO4. The Labute approximate surface area is 113 Å². The Balaban J connectivity index is 3.16. The van der Waals surface area contributed by atoms with Crippen LogP contribution in [0.2, 0.25) is 0 Å². The summed E-state index contributed by atoms with van der Waals surface area (Å²) >= 11 is 1.58. The zero-order valence-corrected chi connectivity index (χ0v) is 11.1. The summed E-state index contributed by atoms with van der Waals surface area (Å²) in [5, 5.41) is 8.62. The fourth-order valence-corrected chi connectivity index (χ4v) is 1.63. The van der Waals surface area contributed by atoms with Gasteiger partial charge in [0.05, 0.1) is 22.8 Å². The predicted octanol–water partition coefficient (Wildman–Crippen LogP) is 2.22. The van der Waals surface area contributed by atoms with Crippen LogP contribution in [0, 0.1) is 3.57 Å². The molecule has 0 unspecified atom stereocenters. The Hall–Kier alpha value is -1.26. The third kappa shape index (κ3) is 4.20. The number of ether oxygens (including phenoxy) is 2. The first-order chi connectivity index (χ1) is 8.23. The van der Waals surface area contributed by atoms with E-state index in [1.807, 2.05) is 0 Å². The number of methoxy groups -OCH3 is 1. The summed E-state index contributed by atoms with van der Waals surface area (Å²) in [6, 6.07) is 1.23. The van der Waals surface area contributed by atoms with Crippen molar-refractivity contribution in [2.75, 3.05) is 7.11 Å². The highest BCUT2D eigenvalue weighted by Gasteiger charge is 2.33. The molecule has 0 spiro atoms. The first-order valence-electron chi connectivity index (χ1n) is 4.44. The third-order valence-electron chi connectivity index (χ3n) is 1.73. The lowest BCUT2D eigenvalue weighted by atomic mass is 10.2. The molecule has 0 aliphatic carbocycles. The summed E-state index contributed by atoms with van der Waals surface area (Å²) in [6.45, 7) is 0. The molecule has 0 aliphatic rings. The average Bonchev–Trinajstić information content (AvgIpc) is 2.19. The molecule has 0 amide bonds. The second kappa shape index (κ2) is 5.59. The SMILES string of the molecule is COc1cc(I)c(OC(F)(F)F)nc1CC(=O)O. The molecule has 0 atom stereocenters. The van der Waals surface area contributed by atoms with Crippen molar-refractivity contribution in [3.05, 3.63) is 15.3 Å². The normalized spacial score (nSPS) is 11.2. The van der Waals surface area contributed by atoms with Gasteiger partial charge in [-0.15, -0.1) is 13.2 Å². The van der Waals surface area contributed by atoms with Gasteiger partial charge in [-0.05, 0) is 22.6 Å². The lowest BCUT2D eigenvalue weighted by molar-refractivity contribution is -0.276. The first-order valence-corrected chi connectivity index (χ1v) is 5.51. The number of carboxylic acids is 1. The van der Waals surface area contributed by atoms with Crippen molar-refractivity contribution in [1.82, 2.24) is 4.98 Å². The summed E-state index contributed by atoms with van der Waals surface area (Å²) in [5.74, 6) is -1.84. The zero-order valence-electron chi connectivity index (χ0n) is 8.92. The number of rotatable bonds is 4. The van der Waals surface area contributed by atoms with Crippen molar-refractivity contribution in [2.45, 2.75) is 12.8 Å². The molecular weight excluding hydrogens is 370 g/mol. The van der Waals surface area contributed by atoms with Crippen molar-refractivity contribution in [1.29, 1.82) is 0 Å². The van der Waals surface area contributed by atoms with Crippen LogP contribution in [-0.2, 0) is 11.2 Å². The van der Waals surface area contributed by atoms with Gasteiger partial charge in [0.2, 0.25) is 5.88 Å². The highest BCUT2D eigenvalue weighted by molar-refractivity contribution is 14.1. The van der Waals surface area contributed by atoms with Crippen LogP contribution in [0.4, 0.5) is 13.2 Å². The molecule has 1 aromatic rings. The Morgan fingerprint density at radius 2 is 2.17 bits per heavy atom. The van der Waals surface area contributed by atoms with Crippen LogP contribution < -0.4 is 9.47 Å². The molecule has 0 aromatic carbocycles. The smallest absolute Gasteiger partial charge is 0.495 e. The van der Waals surface area contributed by atoms with E-state index in [2.05, 4.69) is 9.72 Å². The van der Waals surface area contributed by atoms with Crippen LogP contribution in [0.3, 0.4) is 0 Å². The van der Waals surface area contributed by atoms with Crippen molar-refractivity contribution in [3.63, 3.8) is 0 Å². The summed E-state index contributed by atoms with van der Waals surface area (Å²) in [5.41, 5.74) is -0.135. The fourth-order valence-electron chi connectivity index (χ4n) is 1.12. The minimum Gasteiger partial charge on any atom is -0.495 e. The van der Waals surface area contributed by atoms with Crippen molar-refractivity contribution >= 4 is 28.6 Å². The zero-order chi connectivity index (χ0) is 13.9. The average molecular weight is 377 g/mol. The largest absolute Gasteiger partial charge is 0.574 e. The van der Waals surface area contributed by atoms with Gasteiger partial charge in [-0.25, -0.2) is 4.98 Å². The molecule has 0 fully saturated rings. The number of hydrogen-bond acceptors (Lipinski definition) is 4. The number of hydrogen-bond donors (Lipinski definition) is 1. The Kier molecular flexibility index (Phi) is 4.59. The van der Waals surface area contributed by atoms with E-state index in [0.29, 0.717) is 0 Å². The maximum Gasteiger partial charge on any atom is 0.574 e. The number of nitrogens with zero attached hydrogens (tertiary/aromatic N) is 1. The quantitative estimate of drug-likeness (QED) is 0.816. The van der Waals surface area contributed by atoms with Crippen molar-refractivity contribution < 1.29 is 32.5 Å². The van der Waals surface area contributed by atoms with E-state index in [0.717, 1.165) is 0 Å². The monoisotopic (exact) mass is 377 g/mol. The number of halogens is 4. The lowest BCUT2D eigenvalue weighted by Crippen LogP contribution is -2.19. The number of aliphatic carboxylic acids is 1. The Morgan fingerprint density at radius 1 is 1.56 bits per heavy atom. The van der Waals surface area contributed by atoms with Gasteiger partial charge in [0, 0.05) is 6.07 Å². The van der Waals surface area contributed by atoms with E-state index in [1.165, 1.54) is 13.2 Å². The highest BCUT2D eigenvalue weighted by Crippen LogP contribution is 2.30. The van der Waals surface area contributed by atoms with E-state index in [9.17, 15) is 18.0 Å². The number of aromatic nitrogens is 1. The maximum atomic E-state index is 12.1. The predicted molar refractivity (Wildman–Crippen MR) is 61.5 cm³/mol. The van der Waals surface area contributed by atoms with Crippen LogP contribution in [-0.4, -0.2) is 29.5 Å². The summed E-state index contributed by atoms with van der Waals surface area (Å²) in [4.78, 5) is 14.1. The minimum atomic E-state index is -4.89. The van der Waals surface area contributed by atoms with Crippen LogP contribution in [0.1, 0.15) is 5.69 Å². The van der Waals surface area contributed by atoms with Gasteiger partial charge in [0.1, 0.15) is 5.75 Å². The Morgan fingerprint density at radius 3 is 2.61 bits per heavy atom. The van der Waals surface area contributed by atoms with E-state index < -0.39 is 24.6 Å². The molecule has 18 heavy (non-hydrogen) atoms. The van der Waals surface area contributed by atoms with Crippen LogP contribution in [0.25, 0.3) is 0 Å². The number of carboxylic acid groups (broad SMARTS) is 1. The molecule has 0 saturated carbocycles. The van der Waals surface area contributed by atoms with Crippen molar-refractivity contribution in [2.24, 2.45) is 0 Å². The summed E-state index contributed by atoms with van der Waals surface area (Å²) < 4.78 is 44.9. The number of carbonyl (C=O) groups is 1. The molecule has 100 valence electrons. The Bertz CT molecular complexity index is 464. The highest BCUT2D eigenvalue weighted by atomic mass is 127. The van der Waals surface area contributed by atoms with Crippen LogP contribution in [0.15, 0.2) is 6.07 Å². The molecule has 1 N–H and O–H groups in total. The van der Waals surface area contributed by atoms with Gasteiger partial charge in [-0.1, -0.05) is 0 Å². The molecule has 0 radical (unpaired) electrons. The van der Waals surface area contributed by atoms with Gasteiger partial charge < -0.3 is 14.6 Å². The van der Waals surface area contributed by atoms with E-state index in [4.69, 9.17) is 9.84 Å². The van der Waals surface area contributed by atoms with Gasteiger partial charge in [0.25, 0.3) is 0 Å². The second-order valence-corrected chi connectivity index (χ2v) is 4.20. The number of pyridine rings is 1. The molecule has 0 aliphatic heterocycles. The van der Waals surface area contributed by atoms with Crippen LogP contribution >= 0.6 is 22.6 Å². The molecule has 5 nitrogen and oxygen atoms in total.